The van der Waals surface area contributed by atoms with Crippen molar-refractivity contribution in [1.82, 2.24) is 45.0 Å². The molecule has 3 saturated heterocycles. The van der Waals surface area contributed by atoms with E-state index < -0.39 is 11.2 Å². The molecule has 9 aromatic rings. The van der Waals surface area contributed by atoms with Gasteiger partial charge in [-0.1, -0.05) is 134 Å². The van der Waals surface area contributed by atoms with Crippen molar-refractivity contribution in [2.24, 2.45) is 0 Å². The molecule has 38 heteroatoms. The van der Waals surface area contributed by atoms with Gasteiger partial charge in [-0.05, 0) is 160 Å². The van der Waals surface area contributed by atoms with Gasteiger partial charge in [0.05, 0.1) is 79.3 Å². The van der Waals surface area contributed by atoms with Crippen LogP contribution in [0.1, 0.15) is 93.4 Å². The van der Waals surface area contributed by atoms with E-state index in [1.165, 1.54) is 45.1 Å². The molecule has 6 aliphatic heterocycles. The molecule has 0 spiro atoms. The zero-order valence-corrected chi connectivity index (χ0v) is 73.2. The van der Waals surface area contributed by atoms with Crippen molar-refractivity contribution in [3.8, 4) is 17.6 Å². The van der Waals surface area contributed by atoms with E-state index in [1.807, 2.05) is 104 Å². The van der Waals surface area contributed by atoms with Gasteiger partial charge < -0.3 is 69.9 Å². The number of nitrogens with two attached hydrogens (primary N) is 1. The number of rotatable bonds is 11. The number of halogens is 9. The highest BCUT2D eigenvalue weighted by Crippen LogP contribution is 2.43. The van der Waals surface area contributed by atoms with E-state index in [0.29, 0.717) is 124 Å². The topological polar surface area (TPSA) is 297 Å². The number of piperazine rings is 3. The molecule has 118 heavy (non-hydrogen) atoms. The van der Waals surface area contributed by atoms with Crippen LogP contribution in [-0.4, -0.2) is 184 Å². The lowest BCUT2D eigenvalue weighted by molar-refractivity contribution is 0.0148. The zero-order chi connectivity index (χ0) is 84.8. The van der Waals surface area contributed by atoms with Gasteiger partial charge in [-0.3, -0.25) is 29.1 Å². The number of ether oxygens (including phenoxy) is 5. The number of nitrogen functional groups attached to an aromatic ring is 1. The molecule has 3 aromatic heterocycles. The van der Waals surface area contributed by atoms with Crippen LogP contribution in [0.3, 0.4) is 0 Å². The van der Waals surface area contributed by atoms with E-state index in [2.05, 4.69) is 67.5 Å². The van der Waals surface area contributed by atoms with Gasteiger partial charge in [0.2, 0.25) is 29.5 Å². The second kappa shape index (κ2) is 37.9. The Balaban J connectivity index is 0.000000150. The van der Waals surface area contributed by atoms with Gasteiger partial charge in [-0.2, -0.15) is 15.0 Å². The number of carbonyl (C=O) groups excluding carboxylic acids is 5. The highest BCUT2D eigenvalue weighted by atomic mass is 35.5. The highest BCUT2D eigenvalue weighted by Gasteiger charge is 2.38. The molecule has 622 valence electrons. The minimum atomic E-state index is -0.547. The molecule has 6 aliphatic rings. The van der Waals surface area contributed by atoms with E-state index in [9.17, 15) is 24.0 Å². The lowest BCUT2D eigenvalue weighted by Crippen LogP contribution is -2.55. The first-order valence-corrected chi connectivity index (χ1v) is 41.7. The van der Waals surface area contributed by atoms with Gasteiger partial charge in [0.15, 0.2) is 25.3 Å². The molecule has 3 fully saturated rings. The van der Waals surface area contributed by atoms with E-state index in [1.54, 1.807) is 76.5 Å². The van der Waals surface area contributed by atoms with Gasteiger partial charge in [-0.15, -0.1) is 0 Å². The average Bonchev–Trinajstić information content (AvgIpc) is 0.787. The van der Waals surface area contributed by atoms with Gasteiger partial charge in [0.25, 0.3) is 17.7 Å². The molecule has 0 saturated carbocycles. The second-order valence-electron chi connectivity index (χ2n) is 29.7. The number of nitrogens with zero attached hydrogens (tertiary/aromatic N) is 14. The maximum absolute atomic E-state index is 13.1. The van der Waals surface area contributed by atoms with Gasteiger partial charge in [0, 0.05) is 113 Å². The van der Waals surface area contributed by atoms with Crippen LogP contribution in [0.25, 0.3) is 0 Å². The Morgan fingerprint density at radius 3 is 1.18 bits per heavy atom. The molecule has 5 amide bonds. The fraction of sp³-hybridized carbons (Fsp3) is 0.338. The summed E-state index contributed by atoms with van der Waals surface area (Å²) in [5.41, 5.74) is 11.4. The summed E-state index contributed by atoms with van der Waals surface area (Å²) in [6.07, 6.45) is 5.54. The Morgan fingerprint density at radius 2 is 0.831 bits per heavy atom. The first kappa shape index (κ1) is 87.9. The van der Waals surface area contributed by atoms with E-state index in [-0.39, 0.29) is 108 Å². The Hall–Kier alpha value is -9.37. The number of nitrogens with one attached hydrogen (secondary N) is 3. The largest absolute Gasteiger partial charge is 0.455 e. The molecular weight excluding hydrogens is 1720 g/mol. The number of anilines is 11. The highest BCUT2D eigenvalue weighted by molar-refractivity contribution is 7.98. The van der Waals surface area contributed by atoms with Crippen LogP contribution < -0.4 is 65.3 Å². The van der Waals surface area contributed by atoms with Crippen molar-refractivity contribution in [3.63, 3.8) is 0 Å². The summed E-state index contributed by atoms with van der Waals surface area (Å²) in [5, 5.41) is 14.1. The number of fused-ring (bicyclic) bond motifs is 3. The molecule has 5 N–H and O–H groups in total. The molecule has 0 bridgehead atoms. The predicted molar refractivity (Wildman–Crippen MR) is 468 cm³/mol. The third-order valence-corrected chi connectivity index (χ3v) is 22.0. The molecule has 15 rings (SSSR count). The molecule has 3 unspecified atom stereocenters. The summed E-state index contributed by atoms with van der Waals surface area (Å²) >= 11 is 58.2. The van der Waals surface area contributed by atoms with Crippen LogP contribution in [-0.2, 0) is 9.47 Å². The second-order valence-corrected chi connectivity index (χ2v) is 34.1. The predicted octanol–water partition coefficient (Wildman–Crippen LogP) is 18.5. The average molecular weight is 1810 g/mol. The van der Waals surface area contributed by atoms with Crippen LogP contribution in [0.4, 0.5) is 72.7 Å². The number of aromatic nitrogens is 6. The normalized spacial score (nSPS) is 17.2. The molecule has 0 aliphatic carbocycles. The summed E-state index contributed by atoms with van der Waals surface area (Å²) in [7, 11) is 0. The Morgan fingerprint density at radius 1 is 0.475 bits per heavy atom. The third-order valence-electron chi connectivity index (χ3n) is 18.7. The molecule has 28 nitrogen and oxygen atoms in total. The number of carbonyl (C=O) groups is 5. The van der Waals surface area contributed by atoms with Crippen molar-refractivity contribution < 1.29 is 47.7 Å². The quantitative estimate of drug-likeness (QED) is 0.0531. The number of hydrogen-bond donors (Lipinski definition) is 4. The summed E-state index contributed by atoms with van der Waals surface area (Å²) in [6, 6.07) is 32.3. The van der Waals surface area contributed by atoms with Crippen LogP contribution >= 0.6 is 116 Å². The SMILES string of the molecule is CC1CN(c2ccc(N)cc2Cl)CCN1C(=O)OC(C)(C)C.CC1CN(c2ccc(Nc3ncc4c(n3)OCN(c3c(Cl)cccc3Cl)C4=O)cc2Cl)CCN1.CC1CN(c2ccc(Nc3ncc4c(n3)OCN(c3c(Cl)cccc3Cl)C4=O)cc2Cl)CCN1C(=O)OC(C)(C)C.CSc1ncc2c(n1)OCN(c1c(Cl)cccc1Cl)C2=O. The zero-order valence-electron chi connectivity index (χ0n) is 65.6. The minimum Gasteiger partial charge on any atom is -0.455 e. The summed E-state index contributed by atoms with van der Waals surface area (Å²) in [5.74, 6) is 0.116. The molecule has 0 radical (unpaired) electrons. The lowest BCUT2D eigenvalue weighted by Gasteiger charge is -2.41. The van der Waals surface area contributed by atoms with Gasteiger partial charge >= 0.3 is 12.2 Å². The maximum Gasteiger partial charge on any atom is 0.410 e. The van der Waals surface area contributed by atoms with E-state index in [4.69, 9.17) is 134 Å². The summed E-state index contributed by atoms with van der Waals surface area (Å²) < 4.78 is 28.0. The lowest BCUT2D eigenvalue weighted by atomic mass is 10.1. The number of amides is 5. The van der Waals surface area contributed by atoms with Crippen molar-refractivity contribution in [3.05, 3.63) is 190 Å². The van der Waals surface area contributed by atoms with Crippen molar-refractivity contribution in [2.75, 3.05) is 131 Å². The maximum atomic E-state index is 13.1. The first-order chi connectivity index (χ1) is 56.1. The Bertz CT molecular complexity index is 5210. The van der Waals surface area contributed by atoms with E-state index >= 15 is 0 Å². The van der Waals surface area contributed by atoms with Crippen LogP contribution in [0.15, 0.2) is 133 Å². The van der Waals surface area contributed by atoms with Crippen LogP contribution in [0.2, 0.25) is 45.2 Å². The summed E-state index contributed by atoms with van der Waals surface area (Å²) in [6.45, 7) is 23.7. The van der Waals surface area contributed by atoms with Crippen LogP contribution in [0, 0.1) is 0 Å². The van der Waals surface area contributed by atoms with E-state index in [0.717, 1.165) is 42.4 Å². The number of para-hydroxylation sites is 3. The molecular formula is C80H83Cl9N18O10S. The fourth-order valence-corrected chi connectivity index (χ4v) is 16.3. The van der Waals surface area contributed by atoms with Crippen molar-refractivity contribution in [1.29, 1.82) is 0 Å². The Kier molecular flexibility index (Phi) is 28.3. The first-order valence-electron chi connectivity index (χ1n) is 37.1. The van der Waals surface area contributed by atoms with Gasteiger partial charge in [0.1, 0.15) is 27.9 Å². The molecule has 9 heterocycles. The third kappa shape index (κ3) is 21.1. The number of benzene rings is 6. The Labute approximate surface area is 731 Å². The minimum absolute atomic E-state index is 0.000120. The molecule has 3 atom stereocenters. The monoisotopic (exact) mass is 1800 g/mol. The molecule has 6 aromatic carbocycles. The van der Waals surface area contributed by atoms with Crippen molar-refractivity contribution >= 4 is 209 Å². The number of hydrogen-bond acceptors (Lipinski definition) is 24. The summed E-state index contributed by atoms with van der Waals surface area (Å²) in [4.78, 5) is 103. The van der Waals surface area contributed by atoms with Crippen molar-refractivity contribution in [2.45, 2.75) is 96.8 Å². The fourth-order valence-electron chi connectivity index (χ4n) is 13.2. The smallest absolute Gasteiger partial charge is 0.410 e. The number of thioether (sulfide) groups is 1. The van der Waals surface area contributed by atoms with Gasteiger partial charge in [-0.25, -0.2) is 24.5 Å². The standard InChI is InChI=1S/C28H29Cl3N6O4.C23H21Cl3N6O2.C16H24ClN3O2.C13H9Cl2N3O2S/c1-16-14-35(10-11-36(16)27(39)41-28(2,3)4)22-9-8-17(12-21(22)31)33-26-32-13-18-24(34-26)40-15-37(25(18)38)23-19(29)6-5-7-20(23)30;1-13-11-31(8-7-27-13)19-6-5-14(9-18(19)26)29-23-28-10-15-21(30-23)34-12-32(22(15)33)20-16(24)3-2-4-17(20)25;1-11-10-19(14-6-5-12(18)9-13(14)17)7-8-20(11)15(21)22-16(2,3)4;1-21-13-16-5-7-11(17-13)20-6-18(12(7)19)10-8(14)3-2-4-9(10)15/h5-9,12-13,16H,10-11,14-15H2,1-4H3,(H,32,33,34);2-6,9-10,13,27H,7-8,11-12H2,1H3,(H,28,29,30);5-6,9,11H,7-8,10,18H2,1-4H3;2-5H,6H2,1H3. The van der Waals surface area contributed by atoms with Crippen LogP contribution in [0.5, 0.6) is 17.6 Å².